The molecule has 7 heteroatoms. The second kappa shape index (κ2) is 5.06. The number of para-hydroxylation sites is 1. The minimum Gasteiger partial charge on any atom is -0.307 e. The van der Waals surface area contributed by atoms with Gasteiger partial charge in [0.15, 0.2) is 5.82 Å². The van der Waals surface area contributed by atoms with Gasteiger partial charge < -0.3 is 5.43 Å². The third kappa shape index (κ3) is 2.21. The fraction of sp³-hybridized carbons (Fsp3) is 0.0769. The molecule has 0 aliphatic rings. The summed E-state index contributed by atoms with van der Waals surface area (Å²) in [6.45, 7) is 0.429. The van der Waals surface area contributed by atoms with Crippen molar-refractivity contribution in [1.82, 2.24) is 19.7 Å². The van der Waals surface area contributed by atoms with Crippen molar-refractivity contribution >= 4 is 16.7 Å². The molecule has 0 unspecified atom stereocenters. The molecule has 0 amide bonds. The number of nitrogens with one attached hydrogen (secondary N) is 1. The number of anilines is 1. The predicted octanol–water partition coefficient (Wildman–Crippen LogP) is 0.520. The zero-order chi connectivity index (χ0) is 13.9. The Morgan fingerprint density at radius 3 is 2.75 bits per heavy atom. The van der Waals surface area contributed by atoms with Gasteiger partial charge in [-0.15, -0.1) is 0 Å². The summed E-state index contributed by atoms with van der Waals surface area (Å²) in [5.74, 6) is 5.73. The minimum atomic E-state index is -0.0920. The first-order chi connectivity index (χ1) is 9.78. The summed E-state index contributed by atoms with van der Waals surface area (Å²) in [6, 6.07) is 7.33. The molecule has 20 heavy (non-hydrogen) atoms. The molecule has 0 aliphatic heterocycles. The molecule has 0 spiro atoms. The Morgan fingerprint density at radius 1 is 1.15 bits per heavy atom. The van der Waals surface area contributed by atoms with Crippen molar-refractivity contribution in [2.24, 2.45) is 5.84 Å². The van der Waals surface area contributed by atoms with Gasteiger partial charge in [0.2, 0.25) is 5.43 Å². The molecule has 0 saturated carbocycles. The molecule has 3 aromatic rings. The first-order valence-electron chi connectivity index (χ1n) is 6.00. The van der Waals surface area contributed by atoms with E-state index >= 15 is 0 Å². The van der Waals surface area contributed by atoms with Crippen LogP contribution in [-0.4, -0.2) is 19.7 Å². The van der Waals surface area contributed by atoms with Crippen LogP contribution in [0.5, 0.6) is 0 Å². The van der Waals surface area contributed by atoms with E-state index in [9.17, 15) is 4.79 Å². The van der Waals surface area contributed by atoms with Gasteiger partial charge in [-0.3, -0.25) is 14.5 Å². The van der Waals surface area contributed by atoms with Gasteiger partial charge in [-0.25, -0.2) is 10.8 Å². The predicted molar refractivity (Wildman–Crippen MR) is 74.9 cm³/mol. The highest BCUT2D eigenvalue weighted by Gasteiger charge is 2.05. The van der Waals surface area contributed by atoms with Crippen LogP contribution < -0.4 is 16.7 Å². The third-order valence-electron chi connectivity index (χ3n) is 2.93. The van der Waals surface area contributed by atoms with Gasteiger partial charge in [-0.2, -0.15) is 5.10 Å². The number of rotatable bonds is 3. The number of hydrogen-bond donors (Lipinski definition) is 2. The Balaban J connectivity index is 2.02. The maximum Gasteiger partial charge on any atom is 0.207 e. The number of nitrogens with two attached hydrogens (primary N) is 1. The summed E-state index contributed by atoms with van der Waals surface area (Å²) in [7, 11) is 0. The van der Waals surface area contributed by atoms with Gasteiger partial charge in [0.1, 0.15) is 0 Å². The van der Waals surface area contributed by atoms with E-state index in [4.69, 9.17) is 5.84 Å². The molecule has 0 saturated heterocycles. The molecule has 2 heterocycles. The Kier molecular flexibility index (Phi) is 3.10. The average Bonchev–Trinajstić information content (AvgIpc) is 2.51. The number of benzene rings is 1. The van der Waals surface area contributed by atoms with Gasteiger partial charge in [0.25, 0.3) is 0 Å². The molecule has 100 valence electrons. The van der Waals surface area contributed by atoms with E-state index in [1.54, 1.807) is 23.1 Å². The molecule has 1 aromatic carbocycles. The molecular weight excluding hydrogens is 256 g/mol. The summed E-state index contributed by atoms with van der Waals surface area (Å²) in [4.78, 5) is 20.1. The monoisotopic (exact) mass is 268 g/mol. The van der Waals surface area contributed by atoms with Gasteiger partial charge in [-0.1, -0.05) is 12.1 Å². The van der Waals surface area contributed by atoms with Crippen molar-refractivity contribution in [3.63, 3.8) is 0 Å². The van der Waals surface area contributed by atoms with Crippen LogP contribution in [0, 0.1) is 0 Å². The van der Waals surface area contributed by atoms with Crippen molar-refractivity contribution in [3.05, 3.63) is 58.8 Å². The van der Waals surface area contributed by atoms with E-state index in [1.165, 1.54) is 6.20 Å². The smallest absolute Gasteiger partial charge is 0.207 e. The van der Waals surface area contributed by atoms with E-state index < -0.39 is 0 Å². The highest BCUT2D eigenvalue weighted by Crippen LogP contribution is 2.09. The first-order valence-corrected chi connectivity index (χ1v) is 6.00. The summed E-state index contributed by atoms with van der Waals surface area (Å²) < 4.78 is 1.72. The Hall–Kier alpha value is -2.80. The maximum absolute atomic E-state index is 11.7. The van der Waals surface area contributed by atoms with E-state index in [-0.39, 0.29) is 5.43 Å². The summed E-state index contributed by atoms with van der Waals surface area (Å²) in [5, 5.41) is 4.78. The van der Waals surface area contributed by atoms with Gasteiger partial charge in [0.05, 0.1) is 36.3 Å². The van der Waals surface area contributed by atoms with Crippen LogP contribution in [0.15, 0.2) is 47.7 Å². The van der Waals surface area contributed by atoms with Crippen LogP contribution in [0.25, 0.3) is 10.9 Å². The molecule has 0 bridgehead atoms. The summed E-state index contributed by atoms with van der Waals surface area (Å²) >= 11 is 0. The number of nitrogens with zero attached hydrogens (tertiary/aromatic N) is 4. The van der Waals surface area contributed by atoms with Gasteiger partial charge in [-0.05, 0) is 12.1 Å². The lowest BCUT2D eigenvalue weighted by Gasteiger charge is -2.08. The second-order valence-electron chi connectivity index (χ2n) is 4.22. The lowest BCUT2D eigenvalue weighted by molar-refractivity contribution is 0.678. The number of hydrazine groups is 1. The van der Waals surface area contributed by atoms with Gasteiger partial charge in [0, 0.05) is 5.39 Å². The third-order valence-corrected chi connectivity index (χ3v) is 2.93. The Labute approximate surface area is 114 Å². The number of hydrogen-bond acceptors (Lipinski definition) is 6. The maximum atomic E-state index is 11.7. The number of fused-ring (bicyclic) bond motifs is 1. The lowest BCUT2D eigenvalue weighted by Crippen LogP contribution is -2.14. The standard InChI is InChI=1S/C13H12N6O/c14-18-13-7-15-9(5-16-13)8-19-11-4-2-1-3-10(11)12(20)6-17-19/h1-7H,8,14H2,(H,16,18). The molecule has 3 N–H and O–H groups in total. The van der Waals surface area contributed by atoms with E-state index in [0.717, 1.165) is 11.2 Å². The number of aromatic nitrogens is 4. The van der Waals surface area contributed by atoms with Crippen LogP contribution >= 0.6 is 0 Å². The molecule has 0 radical (unpaired) electrons. The van der Waals surface area contributed by atoms with E-state index in [0.29, 0.717) is 17.7 Å². The van der Waals surface area contributed by atoms with Gasteiger partial charge >= 0.3 is 0 Å². The van der Waals surface area contributed by atoms with Crippen molar-refractivity contribution in [2.45, 2.75) is 6.54 Å². The van der Waals surface area contributed by atoms with Crippen molar-refractivity contribution in [1.29, 1.82) is 0 Å². The Morgan fingerprint density at radius 2 is 2.00 bits per heavy atom. The molecular formula is C13H12N6O. The quantitative estimate of drug-likeness (QED) is 0.531. The largest absolute Gasteiger partial charge is 0.307 e. The van der Waals surface area contributed by atoms with Crippen LogP contribution in [0.2, 0.25) is 0 Å². The minimum absolute atomic E-state index is 0.0920. The molecule has 3 rings (SSSR count). The van der Waals surface area contributed by atoms with Crippen LogP contribution in [0.1, 0.15) is 5.69 Å². The van der Waals surface area contributed by atoms with Crippen molar-refractivity contribution in [2.75, 3.05) is 5.43 Å². The van der Waals surface area contributed by atoms with Crippen LogP contribution in [0.4, 0.5) is 5.82 Å². The molecule has 0 atom stereocenters. The fourth-order valence-corrected chi connectivity index (χ4v) is 1.95. The Bertz CT molecular complexity index is 796. The summed E-state index contributed by atoms with van der Waals surface area (Å²) in [5.41, 5.74) is 3.82. The molecule has 0 fully saturated rings. The fourth-order valence-electron chi connectivity index (χ4n) is 1.95. The van der Waals surface area contributed by atoms with Crippen LogP contribution in [-0.2, 0) is 6.54 Å². The molecule has 0 aliphatic carbocycles. The summed E-state index contributed by atoms with van der Waals surface area (Å²) in [6.07, 6.45) is 4.47. The highest BCUT2D eigenvalue weighted by molar-refractivity contribution is 5.77. The zero-order valence-corrected chi connectivity index (χ0v) is 10.5. The van der Waals surface area contributed by atoms with Crippen LogP contribution in [0.3, 0.4) is 0 Å². The highest BCUT2D eigenvalue weighted by atomic mass is 16.1. The second-order valence-corrected chi connectivity index (χ2v) is 4.22. The van der Waals surface area contributed by atoms with Crippen molar-refractivity contribution < 1.29 is 0 Å². The SMILES string of the molecule is NNc1cnc(Cn2ncc(=O)c3ccccc32)cn1. The van der Waals surface area contributed by atoms with Crippen molar-refractivity contribution in [3.8, 4) is 0 Å². The number of nitrogen functional groups attached to an aromatic ring is 1. The zero-order valence-electron chi connectivity index (χ0n) is 10.5. The molecule has 2 aromatic heterocycles. The first kappa shape index (κ1) is 12.2. The topological polar surface area (TPSA) is 98.7 Å². The van der Waals surface area contributed by atoms with E-state index in [2.05, 4.69) is 20.5 Å². The normalized spacial score (nSPS) is 10.7. The lowest BCUT2D eigenvalue weighted by atomic mass is 10.2. The van der Waals surface area contributed by atoms with E-state index in [1.807, 2.05) is 18.2 Å². The average molecular weight is 268 g/mol. The molecule has 7 nitrogen and oxygen atoms in total.